The number of carboxylic acid groups (broad SMARTS) is 1. The van der Waals surface area contributed by atoms with E-state index in [1.54, 1.807) is 25.1 Å². The van der Waals surface area contributed by atoms with Gasteiger partial charge in [0, 0.05) is 17.7 Å². The van der Waals surface area contributed by atoms with Crippen molar-refractivity contribution >= 4 is 34.9 Å². The Morgan fingerprint density at radius 1 is 1.14 bits per heavy atom. The number of hydrogen-bond donors (Lipinski definition) is 2. The third-order valence-electron chi connectivity index (χ3n) is 4.24. The fraction of sp³-hybridized carbons (Fsp3) is 0.200. The first-order chi connectivity index (χ1) is 13.4. The third-order valence-corrected chi connectivity index (χ3v) is 4.24. The van der Waals surface area contributed by atoms with Crippen LogP contribution in [-0.2, 0) is 9.59 Å². The van der Waals surface area contributed by atoms with Gasteiger partial charge in [0.05, 0.1) is 11.3 Å². The largest absolute Gasteiger partial charge is 0.482 e. The van der Waals surface area contributed by atoms with Crippen LogP contribution in [0.5, 0.6) is 5.75 Å². The molecule has 8 heteroatoms. The second-order valence-electron chi connectivity index (χ2n) is 6.16. The Morgan fingerprint density at radius 3 is 2.64 bits per heavy atom. The summed E-state index contributed by atoms with van der Waals surface area (Å²) in [6, 6.07) is 10.6. The van der Waals surface area contributed by atoms with Crippen LogP contribution in [0.25, 0.3) is 0 Å². The minimum Gasteiger partial charge on any atom is -0.482 e. The number of rotatable bonds is 6. The van der Waals surface area contributed by atoms with Crippen LogP contribution < -0.4 is 15.0 Å². The number of fused-ring (bicyclic) bond motifs is 1. The summed E-state index contributed by atoms with van der Waals surface area (Å²) >= 11 is 0. The van der Waals surface area contributed by atoms with Gasteiger partial charge in [-0.3, -0.25) is 19.3 Å². The number of ether oxygens (including phenoxy) is 1. The van der Waals surface area contributed by atoms with Crippen molar-refractivity contribution in [1.82, 2.24) is 0 Å². The van der Waals surface area contributed by atoms with Gasteiger partial charge >= 0.3 is 5.97 Å². The first-order valence-electron chi connectivity index (χ1n) is 8.62. The van der Waals surface area contributed by atoms with Crippen molar-refractivity contribution in [2.45, 2.75) is 13.3 Å². The molecule has 28 heavy (non-hydrogen) atoms. The van der Waals surface area contributed by atoms with E-state index in [2.05, 4.69) is 5.32 Å². The first kappa shape index (κ1) is 19.1. The van der Waals surface area contributed by atoms with Crippen molar-refractivity contribution in [3.63, 3.8) is 0 Å². The second kappa shape index (κ2) is 7.91. The molecule has 2 aromatic carbocycles. The van der Waals surface area contributed by atoms with Crippen LogP contribution in [0.2, 0.25) is 0 Å². The van der Waals surface area contributed by atoms with Gasteiger partial charge in [0.2, 0.25) is 5.91 Å². The van der Waals surface area contributed by atoms with Crippen LogP contribution in [0.1, 0.15) is 34.1 Å². The van der Waals surface area contributed by atoms with Crippen LogP contribution in [0, 0.1) is 0 Å². The molecule has 0 saturated carbocycles. The van der Waals surface area contributed by atoms with Crippen molar-refractivity contribution in [2.24, 2.45) is 0 Å². The Labute approximate surface area is 160 Å². The molecule has 144 valence electrons. The number of carbonyl (C=O) groups excluding carboxylic acids is 3. The number of Topliss-reactive ketones (excluding diaryl/α,β-unsaturated/α-hetero) is 1. The van der Waals surface area contributed by atoms with Gasteiger partial charge in [-0.25, -0.2) is 4.79 Å². The highest BCUT2D eigenvalue weighted by atomic mass is 16.5. The molecule has 1 aliphatic rings. The van der Waals surface area contributed by atoms with E-state index < -0.39 is 17.8 Å². The number of amides is 2. The van der Waals surface area contributed by atoms with Crippen LogP contribution in [0.4, 0.5) is 11.4 Å². The number of hydrogen-bond acceptors (Lipinski definition) is 5. The molecule has 0 aliphatic carbocycles. The first-order valence-corrected chi connectivity index (χ1v) is 8.62. The third kappa shape index (κ3) is 4.01. The molecule has 0 spiro atoms. The predicted molar refractivity (Wildman–Crippen MR) is 101 cm³/mol. The Balaban J connectivity index is 1.81. The topological polar surface area (TPSA) is 113 Å². The van der Waals surface area contributed by atoms with E-state index in [1.165, 1.54) is 29.2 Å². The molecular formula is C20H18N2O6. The summed E-state index contributed by atoms with van der Waals surface area (Å²) in [7, 11) is 0. The van der Waals surface area contributed by atoms with Crippen molar-refractivity contribution < 1.29 is 29.0 Å². The quantitative estimate of drug-likeness (QED) is 0.742. The van der Waals surface area contributed by atoms with E-state index in [0.717, 1.165) is 0 Å². The molecule has 0 radical (unpaired) electrons. The molecule has 0 aromatic heterocycles. The SMILES string of the molecule is CCC(=O)c1ccc2c(c1)N(CC(=O)Nc1cccc(C(=O)O)c1)C(=O)CO2. The summed E-state index contributed by atoms with van der Waals surface area (Å²) < 4.78 is 5.38. The maximum Gasteiger partial charge on any atom is 0.335 e. The number of nitrogens with one attached hydrogen (secondary N) is 1. The Morgan fingerprint density at radius 2 is 1.93 bits per heavy atom. The number of ketones is 1. The molecule has 3 rings (SSSR count). The molecule has 0 unspecified atom stereocenters. The van der Waals surface area contributed by atoms with Crippen molar-refractivity contribution in [2.75, 3.05) is 23.4 Å². The monoisotopic (exact) mass is 382 g/mol. The molecule has 2 N–H and O–H groups in total. The maximum atomic E-state index is 12.4. The van der Waals surface area contributed by atoms with Crippen LogP contribution in [0.15, 0.2) is 42.5 Å². The van der Waals surface area contributed by atoms with E-state index in [-0.39, 0.29) is 24.5 Å². The van der Waals surface area contributed by atoms with E-state index in [4.69, 9.17) is 9.84 Å². The second-order valence-corrected chi connectivity index (χ2v) is 6.16. The molecule has 1 heterocycles. The molecule has 0 saturated heterocycles. The van der Waals surface area contributed by atoms with Crippen LogP contribution in [-0.4, -0.2) is 41.8 Å². The summed E-state index contributed by atoms with van der Waals surface area (Å²) in [5, 5.41) is 11.6. The number of aromatic carboxylic acids is 1. The van der Waals surface area contributed by atoms with Crippen LogP contribution in [0.3, 0.4) is 0 Å². The predicted octanol–water partition coefficient (Wildman–Crippen LogP) is 2.34. The maximum absolute atomic E-state index is 12.4. The van der Waals surface area contributed by atoms with E-state index in [9.17, 15) is 19.2 Å². The lowest BCUT2D eigenvalue weighted by Gasteiger charge is -2.29. The Kier molecular flexibility index (Phi) is 5.39. The Hall–Kier alpha value is -3.68. The molecule has 0 atom stereocenters. The zero-order valence-corrected chi connectivity index (χ0v) is 15.1. The Bertz CT molecular complexity index is 969. The molecule has 0 fully saturated rings. The van der Waals surface area contributed by atoms with Crippen molar-refractivity contribution in [3.8, 4) is 5.75 Å². The molecule has 1 aliphatic heterocycles. The minimum atomic E-state index is -1.11. The van der Waals surface area contributed by atoms with Gasteiger partial charge in [-0.05, 0) is 36.4 Å². The molecular weight excluding hydrogens is 364 g/mol. The summed E-state index contributed by atoms with van der Waals surface area (Å²) in [6.07, 6.45) is 0.313. The van der Waals surface area contributed by atoms with Gasteiger partial charge in [0.15, 0.2) is 12.4 Å². The number of carboxylic acids is 1. The number of nitrogens with zero attached hydrogens (tertiary/aromatic N) is 1. The average molecular weight is 382 g/mol. The normalized spacial score (nSPS) is 12.8. The summed E-state index contributed by atoms with van der Waals surface area (Å²) in [5.74, 6) is -1.70. The minimum absolute atomic E-state index is 0.0355. The van der Waals surface area contributed by atoms with Gasteiger partial charge in [-0.1, -0.05) is 13.0 Å². The van der Waals surface area contributed by atoms with E-state index >= 15 is 0 Å². The highest BCUT2D eigenvalue weighted by molar-refractivity contribution is 6.06. The molecule has 8 nitrogen and oxygen atoms in total. The zero-order chi connectivity index (χ0) is 20.3. The number of benzene rings is 2. The van der Waals surface area contributed by atoms with E-state index in [0.29, 0.717) is 29.1 Å². The standard InChI is InChI=1S/C20H18N2O6/c1-2-16(23)12-6-7-17-15(9-12)22(19(25)11-28-17)10-18(24)21-14-5-3-4-13(8-14)20(26)27/h3-9H,2,10-11H2,1H3,(H,21,24)(H,26,27). The fourth-order valence-electron chi connectivity index (χ4n) is 2.83. The highest BCUT2D eigenvalue weighted by Crippen LogP contribution is 2.33. The van der Waals surface area contributed by atoms with Gasteiger partial charge in [-0.15, -0.1) is 0 Å². The summed E-state index contributed by atoms with van der Waals surface area (Å²) in [4.78, 5) is 49.0. The lowest BCUT2D eigenvalue weighted by molar-refractivity contribution is -0.123. The molecule has 2 aromatic rings. The van der Waals surface area contributed by atoms with Crippen LogP contribution >= 0.6 is 0 Å². The van der Waals surface area contributed by atoms with Gasteiger partial charge < -0.3 is 15.2 Å². The zero-order valence-electron chi connectivity index (χ0n) is 15.1. The summed E-state index contributed by atoms with van der Waals surface area (Å²) in [6.45, 7) is 1.23. The number of anilines is 2. The fourth-order valence-corrected chi connectivity index (χ4v) is 2.83. The van der Waals surface area contributed by atoms with Gasteiger partial charge in [0.1, 0.15) is 12.3 Å². The van der Waals surface area contributed by atoms with Crippen molar-refractivity contribution in [1.29, 1.82) is 0 Å². The molecule has 2 amide bonds. The lowest BCUT2D eigenvalue weighted by Crippen LogP contribution is -2.43. The summed E-state index contributed by atoms with van der Waals surface area (Å²) in [5.41, 5.74) is 1.12. The highest BCUT2D eigenvalue weighted by Gasteiger charge is 2.28. The van der Waals surface area contributed by atoms with Gasteiger partial charge in [-0.2, -0.15) is 0 Å². The van der Waals surface area contributed by atoms with Gasteiger partial charge in [0.25, 0.3) is 5.91 Å². The molecule has 0 bridgehead atoms. The average Bonchev–Trinajstić information content (AvgIpc) is 2.69. The lowest BCUT2D eigenvalue weighted by atomic mass is 10.1. The van der Waals surface area contributed by atoms with Crippen molar-refractivity contribution in [3.05, 3.63) is 53.6 Å². The van der Waals surface area contributed by atoms with E-state index in [1.807, 2.05) is 0 Å². The smallest absolute Gasteiger partial charge is 0.335 e. The number of carbonyl (C=O) groups is 4.